The second-order valence-electron chi connectivity index (χ2n) is 8.37. The number of hydrogen-bond acceptors (Lipinski definition) is 4. The summed E-state index contributed by atoms with van der Waals surface area (Å²) < 4.78 is 20.5. The second-order valence-corrected chi connectivity index (χ2v) is 8.37. The SMILES string of the molecule is COc1c(C)cccc1CN1Cc2cn(C)nc2[C@@H](C(=O)NCCc2ccc(F)cc2)C1. The van der Waals surface area contributed by atoms with E-state index in [1.54, 1.807) is 23.9 Å². The van der Waals surface area contributed by atoms with E-state index < -0.39 is 0 Å². The van der Waals surface area contributed by atoms with Gasteiger partial charge in [0.1, 0.15) is 11.6 Å². The normalized spacial score (nSPS) is 15.9. The minimum atomic E-state index is -0.344. The summed E-state index contributed by atoms with van der Waals surface area (Å²) in [7, 11) is 3.58. The first kappa shape index (κ1) is 22.0. The average Bonchev–Trinajstić information content (AvgIpc) is 3.14. The molecule has 6 nitrogen and oxygen atoms in total. The van der Waals surface area contributed by atoms with Crippen LogP contribution in [-0.4, -0.2) is 40.8 Å². The largest absolute Gasteiger partial charge is 0.496 e. The van der Waals surface area contributed by atoms with E-state index >= 15 is 0 Å². The van der Waals surface area contributed by atoms with Gasteiger partial charge in [-0.3, -0.25) is 14.4 Å². The van der Waals surface area contributed by atoms with Crippen LogP contribution in [0.2, 0.25) is 0 Å². The summed E-state index contributed by atoms with van der Waals surface area (Å²) in [6.07, 6.45) is 2.64. The first-order valence-electron chi connectivity index (χ1n) is 10.8. The number of nitrogens with one attached hydrogen (secondary N) is 1. The molecule has 7 heteroatoms. The molecule has 1 aliphatic heterocycles. The predicted molar refractivity (Wildman–Crippen MR) is 121 cm³/mol. The molecule has 1 N–H and O–H groups in total. The van der Waals surface area contributed by atoms with Crippen molar-refractivity contribution in [1.29, 1.82) is 0 Å². The standard InChI is InChI=1S/C25H29FN4O2/c1-17-5-4-6-19(24(17)32-3)14-30-15-20-13-29(2)28-23(20)22(16-30)25(31)27-12-11-18-7-9-21(26)10-8-18/h4-10,13,22H,11-12,14-16H2,1-3H3,(H,27,31)/t22-/m0/s1. The molecule has 0 radical (unpaired) electrons. The lowest BCUT2D eigenvalue weighted by molar-refractivity contribution is -0.123. The Bertz CT molecular complexity index is 1090. The van der Waals surface area contributed by atoms with E-state index in [1.807, 2.05) is 32.3 Å². The fourth-order valence-corrected chi connectivity index (χ4v) is 4.42. The van der Waals surface area contributed by atoms with Gasteiger partial charge in [-0.05, 0) is 36.6 Å². The number of fused-ring (bicyclic) bond motifs is 1. The minimum Gasteiger partial charge on any atom is -0.496 e. The Morgan fingerprint density at radius 3 is 2.78 bits per heavy atom. The van der Waals surface area contributed by atoms with Gasteiger partial charge in [-0.1, -0.05) is 30.3 Å². The molecule has 1 atom stereocenters. The fourth-order valence-electron chi connectivity index (χ4n) is 4.42. The molecule has 1 aliphatic rings. The smallest absolute Gasteiger partial charge is 0.230 e. The molecule has 1 aromatic heterocycles. The molecule has 0 saturated heterocycles. The highest BCUT2D eigenvalue weighted by atomic mass is 19.1. The lowest BCUT2D eigenvalue weighted by Gasteiger charge is -2.31. The number of methoxy groups -OCH3 is 1. The quantitative estimate of drug-likeness (QED) is 0.617. The maximum absolute atomic E-state index is 13.1. The lowest BCUT2D eigenvalue weighted by Crippen LogP contribution is -2.41. The minimum absolute atomic E-state index is 0.0343. The third-order valence-electron chi connectivity index (χ3n) is 5.94. The number of carbonyl (C=O) groups is 1. The Labute approximate surface area is 188 Å². The number of nitrogens with zero attached hydrogens (tertiary/aromatic N) is 3. The molecule has 3 aromatic rings. The fraction of sp³-hybridized carbons (Fsp3) is 0.360. The predicted octanol–water partition coefficient (Wildman–Crippen LogP) is 3.33. The van der Waals surface area contributed by atoms with Gasteiger partial charge in [-0.25, -0.2) is 4.39 Å². The van der Waals surface area contributed by atoms with Crippen LogP contribution < -0.4 is 10.1 Å². The first-order chi connectivity index (χ1) is 15.4. The summed E-state index contributed by atoms with van der Waals surface area (Å²) in [5, 5.41) is 7.63. The van der Waals surface area contributed by atoms with E-state index in [9.17, 15) is 9.18 Å². The highest BCUT2D eigenvalue weighted by Gasteiger charge is 2.33. The van der Waals surface area contributed by atoms with Crippen molar-refractivity contribution in [3.63, 3.8) is 0 Å². The van der Waals surface area contributed by atoms with Crippen molar-refractivity contribution in [2.45, 2.75) is 32.4 Å². The third kappa shape index (κ3) is 4.83. The van der Waals surface area contributed by atoms with Crippen LogP contribution in [0.15, 0.2) is 48.7 Å². The number of aromatic nitrogens is 2. The monoisotopic (exact) mass is 436 g/mol. The van der Waals surface area contributed by atoms with E-state index in [0.29, 0.717) is 26.1 Å². The van der Waals surface area contributed by atoms with Gasteiger partial charge in [0.05, 0.1) is 18.7 Å². The summed E-state index contributed by atoms with van der Waals surface area (Å²) in [4.78, 5) is 15.4. The molecule has 0 spiro atoms. The third-order valence-corrected chi connectivity index (χ3v) is 5.94. The number of benzene rings is 2. The molecule has 1 amide bonds. The second kappa shape index (κ2) is 9.53. The highest BCUT2D eigenvalue weighted by Crippen LogP contribution is 2.31. The number of ether oxygens (including phenoxy) is 1. The van der Waals surface area contributed by atoms with Gasteiger partial charge in [0.2, 0.25) is 5.91 Å². The van der Waals surface area contributed by atoms with Crippen molar-refractivity contribution >= 4 is 5.91 Å². The van der Waals surface area contributed by atoms with Crippen LogP contribution in [0, 0.1) is 12.7 Å². The van der Waals surface area contributed by atoms with Crippen LogP contribution >= 0.6 is 0 Å². The topological polar surface area (TPSA) is 59.4 Å². The van der Waals surface area contributed by atoms with Gasteiger partial charge in [0.15, 0.2) is 0 Å². The Kier molecular flexibility index (Phi) is 6.55. The van der Waals surface area contributed by atoms with Gasteiger partial charge in [0.25, 0.3) is 0 Å². The van der Waals surface area contributed by atoms with E-state index in [1.165, 1.54) is 12.1 Å². The number of carbonyl (C=O) groups excluding carboxylic acids is 1. The summed E-state index contributed by atoms with van der Waals surface area (Å²) in [6, 6.07) is 12.5. The van der Waals surface area contributed by atoms with Crippen LogP contribution in [0.1, 0.15) is 33.9 Å². The van der Waals surface area contributed by atoms with Crippen molar-refractivity contribution in [2.24, 2.45) is 7.05 Å². The van der Waals surface area contributed by atoms with E-state index in [-0.39, 0.29) is 17.6 Å². The van der Waals surface area contributed by atoms with Gasteiger partial charge in [-0.2, -0.15) is 5.10 Å². The summed E-state index contributed by atoms with van der Waals surface area (Å²) in [5.41, 5.74) is 5.11. The van der Waals surface area contributed by atoms with E-state index in [0.717, 1.165) is 40.2 Å². The lowest BCUT2D eigenvalue weighted by atomic mass is 9.95. The maximum Gasteiger partial charge on any atom is 0.230 e. The van der Waals surface area contributed by atoms with Crippen LogP contribution in [0.25, 0.3) is 0 Å². The maximum atomic E-state index is 13.1. The first-order valence-corrected chi connectivity index (χ1v) is 10.8. The molecule has 0 aliphatic carbocycles. The molecule has 0 bridgehead atoms. The highest BCUT2D eigenvalue weighted by molar-refractivity contribution is 5.84. The van der Waals surface area contributed by atoms with E-state index in [4.69, 9.17) is 4.74 Å². The summed E-state index contributed by atoms with van der Waals surface area (Å²) in [5.74, 6) is 0.259. The van der Waals surface area contributed by atoms with Crippen molar-refractivity contribution in [1.82, 2.24) is 20.0 Å². The molecule has 2 aromatic carbocycles. The molecule has 0 fully saturated rings. The zero-order valence-electron chi connectivity index (χ0n) is 18.8. The molecule has 4 rings (SSSR count). The van der Waals surface area contributed by atoms with Crippen LogP contribution in [0.4, 0.5) is 4.39 Å². The van der Waals surface area contributed by atoms with Crippen molar-refractivity contribution in [3.05, 3.63) is 82.4 Å². The molecule has 168 valence electrons. The Hall–Kier alpha value is -3.19. The molecular formula is C25H29FN4O2. The summed E-state index contributed by atoms with van der Waals surface area (Å²) >= 11 is 0. The number of hydrogen-bond donors (Lipinski definition) is 1. The number of halogens is 1. The zero-order chi connectivity index (χ0) is 22.7. The van der Waals surface area contributed by atoms with E-state index in [2.05, 4.69) is 21.4 Å². The number of aryl methyl sites for hydroxylation is 2. The Morgan fingerprint density at radius 1 is 1.25 bits per heavy atom. The van der Waals surface area contributed by atoms with Gasteiger partial charge in [-0.15, -0.1) is 0 Å². The van der Waals surface area contributed by atoms with Crippen molar-refractivity contribution < 1.29 is 13.9 Å². The molecule has 32 heavy (non-hydrogen) atoms. The summed E-state index contributed by atoms with van der Waals surface area (Å²) in [6.45, 7) is 4.55. The molecule has 0 saturated carbocycles. The van der Waals surface area contributed by atoms with Crippen molar-refractivity contribution in [3.8, 4) is 5.75 Å². The average molecular weight is 437 g/mol. The van der Waals surface area contributed by atoms with Crippen LogP contribution in [0.5, 0.6) is 5.75 Å². The zero-order valence-corrected chi connectivity index (χ0v) is 18.8. The van der Waals surface area contributed by atoms with Crippen molar-refractivity contribution in [2.75, 3.05) is 20.2 Å². The van der Waals surface area contributed by atoms with Crippen LogP contribution in [0.3, 0.4) is 0 Å². The number of amides is 1. The van der Waals surface area contributed by atoms with Gasteiger partial charge in [0, 0.05) is 50.6 Å². The van der Waals surface area contributed by atoms with Crippen LogP contribution in [-0.2, 0) is 31.4 Å². The Morgan fingerprint density at radius 2 is 2.03 bits per heavy atom. The number of rotatable bonds is 7. The molecular weight excluding hydrogens is 407 g/mol. The number of para-hydroxylation sites is 1. The van der Waals surface area contributed by atoms with Gasteiger partial charge >= 0.3 is 0 Å². The Balaban J connectivity index is 1.46. The molecule has 2 heterocycles. The molecule has 0 unspecified atom stereocenters. The van der Waals surface area contributed by atoms with Gasteiger partial charge < -0.3 is 10.1 Å².